The minimum atomic E-state index is 0.232. The number of aliphatic hydroxyl groups is 2. The lowest BCUT2D eigenvalue weighted by atomic mass is 10.1. The quantitative estimate of drug-likeness (QED) is 0.479. The summed E-state index contributed by atoms with van der Waals surface area (Å²) in [5.74, 6) is 0. The maximum Gasteiger partial charge on any atom is 0.0431 e. The lowest BCUT2D eigenvalue weighted by Crippen LogP contribution is -2.21. The Kier molecular flexibility index (Phi) is 17.8. The second kappa shape index (κ2) is 15.3. The molecule has 0 radical (unpaired) electrons. The van der Waals surface area contributed by atoms with Crippen molar-refractivity contribution in [2.45, 2.75) is 45.1 Å². The Morgan fingerprint density at radius 2 is 1.57 bits per heavy atom. The molecule has 4 nitrogen and oxygen atoms in total. The summed E-state index contributed by atoms with van der Waals surface area (Å²) in [6, 6.07) is 0.232. The van der Waals surface area contributed by atoms with E-state index in [2.05, 4.69) is 0 Å². The van der Waals surface area contributed by atoms with Gasteiger partial charge in [0.2, 0.25) is 0 Å². The summed E-state index contributed by atoms with van der Waals surface area (Å²) in [6.45, 7) is 3.21. The van der Waals surface area contributed by atoms with Crippen LogP contribution >= 0.6 is 0 Å². The van der Waals surface area contributed by atoms with Gasteiger partial charge in [-0.15, -0.1) is 0 Å². The van der Waals surface area contributed by atoms with Gasteiger partial charge in [-0.1, -0.05) is 6.92 Å². The van der Waals surface area contributed by atoms with Crippen LogP contribution in [-0.2, 0) is 0 Å². The van der Waals surface area contributed by atoms with E-state index >= 15 is 0 Å². The molecule has 0 aromatic carbocycles. The van der Waals surface area contributed by atoms with Crippen LogP contribution in [0.3, 0.4) is 0 Å². The molecule has 0 saturated carbocycles. The van der Waals surface area contributed by atoms with E-state index in [-0.39, 0.29) is 12.6 Å². The summed E-state index contributed by atoms with van der Waals surface area (Å²) in [4.78, 5) is 0. The second-order valence-corrected chi connectivity index (χ2v) is 3.28. The maximum atomic E-state index is 8.46. The van der Waals surface area contributed by atoms with E-state index in [4.69, 9.17) is 21.7 Å². The van der Waals surface area contributed by atoms with E-state index in [1.807, 2.05) is 6.92 Å². The Balaban J connectivity index is 0. The average Bonchev–Trinajstić information content (AvgIpc) is 2.23. The highest BCUT2D eigenvalue weighted by Crippen LogP contribution is 2.00. The molecule has 0 aromatic rings. The van der Waals surface area contributed by atoms with Gasteiger partial charge in [-0.05, 0) is 38.6 Å². The van der Waals surface area contributed by atoms with Crippen LogP contribution in [0.15, 0.2) is 0 Å². The topological polar surface area (TPSA) is 92.5 Å². The summed E-state index contributed by atoms with van der Waals surface area (Å²) >= 11 is 0. The fraction of sp³-hybridized carbons (Fsp3) is 1.00. The van der Waals surface area contributed by atoms with Crippen LogP contribution in [0, 0.1) is 0 Å². The van der Waals surface area contributed by atoms with Gasteiger partial charge in [-0.2, -0.15) is 0 Å². The Bertz CT molecular complexity index is 82.2. The van der Waals surface area contributed by atoms with Gasteiger partial charge in [-0.3, -0.25) is 0 Å². The molecule has 6 N–H and O–H groups in total. The monoisotopic (exact) mass is 206 g/mol. The number of hydrogen-bond donors (Lipinski definition) is 4. The molecule has 0 fully saturated rings. The van der Waals surface area contributed by atoms with Crippen molar-refractivity contribution in [3.8, 4) is 0 Å². The highest BCUT2D eigenvalue weighted by Gasteiger charge is 1.99. The highest BCUT2D eigenvalue weighted by molar-refractivity contribution is 4.60. The summed E-state index contributed by atoms with van der Waals surface area (Å²) in [7, 11) is 0. The highest BCUT2D eigenvalue weighted by atomic mass is 16.3. The van der Waals surface area contributed by atoms with E-state index in [9.17, 15) is 0 Å². The Hall–Kier alpha value is -0.160. The molecular weight excluding hydrogens is 180 g/mol. The van der Waals surface area contributed by atoms with E-state index in [0.29, 0.717) is 13.2 Å². The number of hydrogen-bond acceptors (Lipinski definition) is 4. The third-order valence-corrected chi connectivity index (χ3v) is 1.74. The Morgan fingerprint density at radius 1 is 1.07 bits per heavy atom. The van der Waals surface area contributed by atoms with Crippen LogP contribution in [-0.4, -0.2) is 36.0 Å². The van der Waals surface area contributed by atoms with E-state index in [0.717, 1.165) is 32.1 Å². The van der Waals surface area contributed by atoms with E-state index in [1.165, 1.54) is 0 Å². The first-order chi connectivity index (χ1) is 6.72. The fourth-order valence-corrected chi connectivity index (χ4v) is 0.878. The molecule has 0 aromatic heterocycles. The lowest BCUT2D eigenvalue weighted by Gasteiger charge is -2.08. The minimum Gasteiger partial charge on any atom is -0.396 e. The third-order valence-electron chi connectivity index (χ3n) is 1.74. The third kappa shape index (κ3) is 17.8. The fourth-order valence-electron chi connectivity index (χ4n) is 0.878. The molecule has 0 saturated heterocycles. The van der Waals surface area contributed by atoms with Crippen molar-refractivity contribution >= 4 is 0 Å². The molecule has 0 spiro atoms. The van der Waals surface area contributed by atoms with Gasteiger partial charge in [0, 0.05) is 19.3 Å². The Labute approximate surface area is 87.3 Å². The first kappa shape index (κ1) is 16.3. The molecule has 0 aliphatic carbocycles. The van der Waals surface area contributed by atoms with Gasteiger partial charge in [0.05, 0.1) is 0 Å². The lowest BCUT2D eigenvalue weighted by molar-refractivity contribution is 0.278. The SMILES string of the molecule is CCCO.NCCCC(N)CCCO. The van der Waals surface area contributed by atoms with Gasteiger partial charge in [-0.25, -0.2) is 0 Å². The molecule has 0 amide bonds. The first-order valence-corrected chi connectivity index (χ1v) is 5.40. The van der Waals surface area contributed by atoms with Gasteiger partial charge < -0.3 is 21.7 Å². The zero-order valence-corrected chi connectivity index (χ0v) is 9.28. The maximum absolute atomic E-state index is 8.46. The minimum absolute atomic E-state index is 0.232. The van der Waals surface area contributed by atoms with Crippen LogP contribution in [0.1, 0.15) is 39.0 Å². The summed E-state index contributed by atoms with van der Waals surface area (Å²) in [5.41, 5.74) is 11.0. The molecule has 0 bridgehead atoms. The summed E-state index contributed by atoms with van der Waals surface area (Å²) < 4.78 is 0. The molecule has 0 heterocycles. The van der Waals surface area contributed by atoms with Crippen molar-refractivity contribution in [3.63, 3.8) is 0 Å². The van der Waals surface area contributed by atoms with Gasteiger partial charge in [0.1, 0.15) is 0 Å². The van der Waals surface area contributed by atoms with E-state index in [1.54, 1.807) is 0 Å². The molecule has 1 unspecified atom stereocenters. The predicted octanol–water partition coefficient (Wildman–Crippen LogP) is 0.214. The van der Waals surface area contributed by atoms with Crippen molar-refractivity contribution in [1.82, 2.24) is 0 Å². The normalized spacial score (nSPS) is 11.8. The summed E-state index contributed by atoms with van der Waals surface area (Å²) in [5, 5.41) is 16.3. The van der Waals surface area contributed by atoms with Gasteiger partial charge in [0.25, 0.3) is 0 Å². The van der Waals surface area contributed by atoms with Crippen molar-refractivity contribution in [2.24, 2.45) is 11.5 Å². The van der Waals surface area contributed by atoms with Crippen LogP contribution in [0.25, 0.3) is 0 Å². The van der Waals surface area contributed by atoms with Crippen molar-refractivity contribution in [2.75, 3.05) is 19.8 Å². The molecule has 0 aliphatic heterocycles. The van der Waals surface area contributed by atoms with Crippen molar-refractivity contribution < 1.29 is 10.2 Å². The molecule has 1 atom stereocenters. The first-order valence-electron chi connectivity index (χ1n) is 5.40. The number of aliphatic hydroxyl groups excluding tert-OH is 2. The van der Waals surface area contributed by atoms with Crippen LogP contribution < -0.4 is 11.5 Å². The van der Waals surface area contributed by atoms with Gasteiger partial charge in [0.15, 0.2) is 0 Å². The molecule has 0 rings (SSSR count). The van der Waals surface area contributed by atoms with Crippen LogP contribution in [0.2, 0.25) is 0 Å². The van der Waals surface area contributed by atoms with Crippen molar-refractivity contribution in [1.29, 1.82) is 0 Å². The summed E-state index contributed by atoms with van der Waals surface area (Å²) in [6.07, 6.45) is 4.57. The number of nitrogens with two attached hydrogens (primary N) is 2. The molecule has 4 heteroatoms. The predicted molar refractivity (Wildman–Crippen MR) is 60.0 cm³/mol. The average molecular weight is 206 g/mol. The largest absolute Gasteiger partial charge is 0.396 e. The molecular formula is C10H26N2O2. The zero-order chi connectivity index (χ0) is 11.2. The molecule has 88 valence electrons. The van der Waals surface area contributed by atoms with Crippen LogP contribution in [0.4, 0.5) is 0 Å². The zero-order valence-electron chi connectivity index (χ0n) is 9.28. The number of rotatable bonds is 7. The second-order valence-electron chi connectivity index (χ2n) is 3.28. The van der Waals surface area contributed by atoms with Crippen LogP contribution in [0.5, 0.6) is 0 Å². The molecule has 0 aliphatic rings. The van der Waals surface area contributed by atoms with Crippen molar-refractivity contribution in [3.05, 3.63) is 0 Å². The standard InChI is InChI=1S/C7H18N2O.C3H8O/c8-5-1-3-7(9)4-2-6-10;1-2-3-4/h7,10H,1-6,8-9H2;4H,2-3H2,1H3. The van der Waals surface area contributed by atoms with Gasteiger partial charge >= 0.3 is 0 Å². The van der Waals surface area contributed by atoms with E-state index < -0.39 is 0 Å². The smallest absolute Gasteiger partial charge is 0.0431 e. The molecule has 14 heavy (non-hydrogen) atoms. The Morgan fingerprint density at radius 3 is 1.93 bits per heavy atom.